The number of nitrogens with two attached hydrogens (primary N) is 1. The van der Waals surface area contributed by atoms with Crippen LogP contribution in [0.25, 0.3) is 21.5 Å². The number of anilines is 1. The normalized spacial score (nSPS) is 15.4. The van der Waals surface area contributed by atoms with Crippen molar-refractivity contribution in [2.75, 3.05) is 5.73 Å². The maximum atomic E-state index is 13.7. The Labute approximate surface area is 156 Å². The number of halogens is 3. The molecule has 0 amide bonds. The first-order valence-electron chi connectivity index (χ1n) is 8.09. The number of aryl methyl sites for hydroxylation is 1. The van der Waals surface area contributed by atoms with Gasteiger partial charge in [0.1, 0.15) is 10.7 Å². The zero-order valence-electron chi connectivity index (χ0n) is 13.8. The molecule has 1 fully saturated rings. The molecule has 0 bridgehead atoms. The Morgan fingerprint density at radius 1 is 1.23 bits per heavy atom. The topological polar surface area (TPSA) is 64.7 Å². The molecule has 1 aliphatic carbocycles. The summed E-state index contributed by atoms with van der Waals surface area (Å²) in [7, 11) is 0. The van der Waals surface area contributed by atoms with E-state index < -0.39 is 11.7 Å². The molecule has 0 unspecified atom stereocenters. The minimum atomic E-state index is -4.52. The summed E-state index contributed by atoms with van der Waals surface area (Å²) in [6.07, 6.45) is 1.75. The monoisotopic (exact) mass is 396 g/mol. The van der Waals surface area contributed by atoms with Gasteiger partial charge in [0.15, 0.2) is 0 Å². The van der Waals surface area contributed by atoms with Crippen LogP contribution in [-0.2, 0) is 6.18 Å². The predicted molar refractivity (Wildman–Crippen MR) is 98.3 cm³/mol. The van der Waals surface area contributed by atoms with Crippen molar-refractivity contribution in [3.63, 3.8) is 0 Å². The summed E-state index contributed by atoms with van der Waals surface area (Å²) in [5.74, 6) is 0.547. The Morgan fingerprint density at radius 3 is 2.50 bits per heavy atom. The van der Waals surface area contributed by atoms with Crippen LogP contribution in [0.1, 0.15) is 30.7 Å². The Balaban J connectivity index is 1.88. The molecule has 3 aromatic heterocycles. The first-order chi connectivity index (χ1) is 12.3. The lowest BCUT2D eigenvalue weighted by Crippen LogP contribution is -2.12. The quantitative estimate of drug-likeness (QED) is 0.650. The molecule has 0 aliphatic heterocycles. The van der Waals surface area contributed by atoms with E-state index in [0.29, 0.717) is 21.5 Å². The van der Waals surface area contributed by atoms with E-state index in [2.05, 4.69) is 15.0 Å². The van der Waals surface area contributed by atoms with E-state index in [1.807, 2.05) is 0 Å². The number of thioether (sulfide) groups is 1. The lowest BCUT2D eigenvalue weighted by molar-refractivity contribution is -0.136. The van der Waals surface area contributed by atoms with Gasteiger partial charge in [0.25, 0.3) is 0 Å². The highest BCUT2D eigenvalue weighted by Crippen LogP contribution is 2.49. The van der Waals surface area contributed by atoms with Gasteiger partial charge in [-0.3, -0.25) is 0 Å². The Bertz CT molecular complexity index is 963. The Hall–Kier alpha value is -1.87. The third-order valence-corrected chi connectivity index (χ3v) is 7.04. The molecule has 0 radical (unpaired) electrons. The average Bonchev–Trinajstić information content (AvgIpc) is 2.86. The Morgan fingerprint density at radius 2 is 1.92 bits per heavy atom. The van der Waals surface area contributed by atoms with Gasteiger partial charge in [0.2, 0.25) is 0 Å². The SMILES string of the molecule is Cc1ncc(-c2cc(C(F)(F)F)c3c(N)c(SC4CCC4)sc3n2)cn1. The fraction of sp³-hybridized carbons (Fsp3) is 0.353. The number of hydrogen-bond acceptors (Lipinski definition) is 6. The number of fused-ring (bicyclic) bond motifs is 1. The minimum absolute atomic E-state index is 0.00102. The van der Waals surface area contributed by atoms with E-state index in [4.69, 9.17) is 5.73 Å². The van der Waals surface area contributed by atoms with Crippen molar-refractivity contribution < 1.29 is 13.2 Å². The number of pyridine rings is 1. The van der Waals surface area contributed by atoms with Crippen molar-refractivity contribution in [3.8, 4) is 11.3 Å². The van der Waals surface area contributed by atoms with Crippen molar-refractivity contribution in [3.05, 3.63) is 29.8 Å². The molecule has 3 heterocycles. The van der Waals surface area contributed by atoms with Gasteiger partial charge in [-0.2, -0.15) is 13.2 Å². The van der Waals surface area contributed by atoms with E-state index in [-0.39, 0.29) is 16.8 Å². The zero-order valence-corrected chi connectivity index (χ0v) is 15.4. The molecule has 4 rings (SSSR count). The first kappa shape index (κ1) is 17.5. The van der Waals surface area contributed by atoms with Crippen LogP contribution in [0.3, 0.4) is 0 Å². The molecule has 9 heteroatoms. The van der Waals surface area contributed by atoms with Gasteiger partial charge in [-0.25, -0.2) is 15.0 Å². The molecule has 2 N–H and O–H groups in total. The molecule has 136 valence electrons. The fourth-order valence-electron chi connectivity index (χ4n) is 2.72. The van der Waals surface area contributed by atoms with Crippen molar-refractivity contribution in [1.29, 1.82) is 0 Å². The predicted octanol–water partition coefficient (Wildman–Crippen LogP) is 5.31. The smallest absolute Gasteiger partial charge is 0.397 e. The van der Waals surface area contributed by atoms with Gasteiger partial charge < -0.3 is 5.73 Å². The number of rotatable bonds is 3. The summed E-state index contributed by atoms with van der Waals surface area (Å²) in [6, 6.07) is 1.04. The lowest BCUT2D eigenvalue weighted by Gasteiger charge is -2.23. The van der Waals surface area contributed by atoms with E-state index in [9.17, 15) is 13.2 Å². The van der Waals surface area contributed by atoms with Gasteiger partial charge in [-0.1, -0.05) is 6.42 Å². The first-order valence-corrected chi connectivity index (χ1v) is 9.78. The third-order valence-electron chi connectivity index (χ3n) is 4.37. The zero-order chi connectivity index (χ0) is 18.5. The summed E-state index contributed by atoms with van der Waals surface area (Å²) in [4.78, 5) is 12.8. The van der Waals surface area contributed by atoms with Gasteiger partial charge in [-0.05, 0) is 25.8 Å². The minimum Gasteiger partial charge on any atom is -0.397 e. The van der Waals surface area contributed by atoms with Crippen molar-refractivity contribution in [2.45, 2.75) is 41.8 Å². The van der Waals surface area contributed by atoms with E-state index in [1.54, 1.807) is 18.7 Å². The highest BCUT2D eigenvalue weighted by atomic mass is 32.2. The second-order valence-electron chi connectivity index (χ2n) is 6.23. The van der Waals surface area contributed by atoms with Crippen LogP contribution in [0.15, 0.2) is 22.7 Å². The van der Waals surface area contributed by atoms with Crippen LogP contribution in [0, 0.1) is 6.92 Å². The summed E-state index contributed by atoms with van der Waals surface area (Å²) >= 11 is 2.80. The Kier molecular flexibility index (Phi) is 4.31. The molecule has 0 spiro atoms. The summed E-state index contributed by atoms with van der Waals surface area (Å²) in [5.41, 5.74) is 6.18. The summed E-state index contributed by atoms with van der Waals surface area (Å²) in [6.45, 7) is 1.71. The molecule has 4 nitrogen and oxygen atoms in total. The molecule has 26 heavy (non-hydrogen) atoms. The molecular formula is C17H15F3N4S2. The van der Waals surface area contributed by atoms with Crippen LogP contribution in [0.5, 0.6) is 0 Å². The van der Waals surface area contributed by atoms with Gasteiger partial charge in [0, 0.05) is 28.6 Å². The number of aromatic nitrogens is 3. The number of thiophene rings is 1. The highest BCUT2D eigenvalue weighted by molar-refractivity contribution is 8.02. The fourth-order valence-corrected chi connectivity index (χ4v) is 5.52. The van der Waals surface area contributed by atoms with Crippen LogP contribution in [0.2, 0.25) is 0 Å². The van der Waals surface area contributed by atoms with Gasteiger partial charge >= 0.3 is 6.18 Å². The number of alkyl halides is 3. The lowest BCUT2D eigenvalue weighted by atomic mass is 10.0. The van der Waals surface area contributed by atoms with Gasteiger partial charge in [0.05, 0.1) is 21.2 Å². The number of nitrogen functional groups attached to an aromatic ring is 1. The standard InChI is InChI=1S/C17H15F3N4S2/c1-8-22-6-9(7-23-8)12-5-11(17(18,19)20)13-14(21)16(26-15(13)24-12)25-10-3-2-4-10/h5-7,10H,2-4,21H2,1H3. The summed E-state index contributed by atoms with van der Waals surface area (Å²) < 4.78 is 41.8. The van der Waals surface area contributed by atoms with E-state index in [1.165, 1.54) is 23.7 Å². The highest BCUT2D eigenvalue weighted by Gasteiger charge is 2.36. The van der Waals surface area contributed by atoms with Crippen LogP contribution >= 0.6 is 23.1 Å². The molecule has 0 atom stereocenters. The molecular weight excluding hydrogens is 381 g/mol. The molecule has 1 saturated carbocycles. The largest absolute Gasteiger partial charge is 0.417 e. The second kappa shape index (κ2) is 6.38. The van der Waals surface area contributed by atoms with E-state index in [0.717, 1.165) is 29.5 Å². The van der Waals surface area contributed by atoms with Crippen LogP contribution in [0.4, 0.5) is 18.9 Å². The number of nitrogens with zero attached hydrogens (tertiary/aromatic N) is 3. The van der Waals surface area contributed by atoms with Crippen molar-refractivity contribution >= 4 is 39.0 Å². The molecule has 3 aromatic rings. The molecule has 0 saturated heterocycles. The maximum absolute atomic E-state index is 13.7. The van der Waals surface area contributed by atoms with E-state index >= 15 is 0 Å². The summed E-state index contributed by atoms with van der Waals surface area (Å²) in [5, 5.41) is 0.436. The average molecular weight is 396 g/mol. The van der Waals surface area contributed by atoms with Crippen molar-refractivity contribution in [2.24, 2.45) is 0 Å². The third kappa shape index (κ3) is 3.14. The van der Waals surface area contributed by atoms with Crippen LogP contribution < -0.4 is 5.73 Å². The van der Waals surface area contributed by atoms with Gasteiger partial charge in [-0.15, -0.1) is 23.1 Å². The van der Waals surface area contributed by atoms with Crippen LogP contribution in [-0.4, -0.2) is 20.2 Å². The maximum Gasteiger partial charge on any atom is 0.417 e. The van der Waals surface area contributed by atoms with Crippen molar-refractivity contribution in [1.82, 2.24) is 15.0 Å². The molecule has 0 aromatic carbocycles. The number of hydrogen-bond donors (Lipinski definition) is 1. The second-order valence-corrected chi connectivity index (χ2v) is 8.79. The molecule has 1 aliphatic rings.